The molecule has 0 N–H and O–H groups in total. The summed E-state index contributed by atoms with van der Waals surface area (Å²) < 4.78 is 26.4. The van der Waals surface area contributed by atoms with E-state index in [1.807, 2.05) is 13.0 Å². The predicted octanol–water partition coefficient (Wildman–Crippen LogP) is 3.02. The van der Waals surface area contributed by atoms with Crippen LogP contribution >= 0.6 is 11.6 Å². The summed E-state index contributed by atoms with van der Waals surface area (Å²) in [7, 11) is -3.64. The molecular weight excluding hydrogens is 284 g/mol. The number of rotatable bonds is 6. The van der Waals surface area contributed by atoms with Crippen molar-refractivity contribution in [2.45, 2.75) is 31.6 Å². The van der Waals surface area contributed by atoms with Crippen molar-refractivity contribution >= 4 is 21.6 Å². The summed E-state index contributed by atoms with van der Waals surface area (Å²) >= 11 is 5.96. The minimum Gasteiger partial charge on any atom is -0.207 e. The Morgan fingerprint density at radius 2 is 2.05 bits per heavy atom. The highest BCUT2D eigenvalue weighted by Gasteiger charge is 2.25. The van der Waals surface area contributed by atoms with E-state index in [2.05, 4.69) is 0 Å². The number of nitrogens with zero attached hydrogens (tertiary/aromatic N) is 2. The maximum Gasteiger partial charge on any atom is 0.244 e. The lowest BCUT2D eigenvalue weighted by Gasteiger charge is -2.20. The van der Waals surface area contributed by atoms with Gasteiger partial charge < -0.3 is 0 Å². The van der Waals surface area contributed by atoms with Gasteiger partial charge in [0.25, 0.3) is 0 Å². The Bertz CT molecular complexity index is 579. The van der Waals surface area contributed by atoms with E-state index in [0.29, 0.717) is 13.1 Å². The monoisotopic (exact) mass is 300 g/mol. The molecule has 0 amide bonds. The van der Waals surface area contributed by atoms with Gasteiger partial charge >= 0.3 is 0 Å². The Labute approximate surface area is 119 Å². The van der Waals surface area contributed by atoms with Crippen LogP contribution < -0.4 is 0 Å². The molecule has 0 heterocycles. The highest BCUT2D eigenvalue weighted by Crippen LogP contribution is 2.25. The average Bonchev–Trinajstić information content (AvgIpc) is 2.39. The fourth-order valence-electron chi connectivity index (χ4n) is 1.69. The molecule has 0 fully saturated rings. The molecule has 0 spiro atoms. The van der Waals surface area contributed by atoms with Crippen molar-refractivity contribution in [3.05, 3.63) is 28.8 Å². The highest BCUT2D eigenvalue weighted by molar-refractivity contribution is 7.89. The molecule has 0 atom stereocenters. The second-order valence-corrected chi connectivity index (χ2v) is 6.42. The van der Waals surface area contributed by atoms with Crippen LogP contribution in [-0.4, -0.2) is 25.8 Å². The SMILES string of the molecule is CCCCN(CC)S(=O)(=O)c1cc(C#N)ccc1Cl. The van der Waals surface area contributed by atoms with E-state index in [9.17, 15) is 8.42 Å². The van der Waals surface area contributed by atoms with Gasteiger partial charge in [0, 0.05) is 13.1 Å². The van der Waals surface area contributed by atoms with Crippen molar-refractivity contribution in [3.63, 3.8) is 0 Å². The van der Waals surface area contributed by atoms with Gasteiger partial charge in [0.15, 0.2) is 0 Å². The number of sulfonamides is 1. The van der Waals surface area contributed by atoms with Crippen LogP contribution in [-0.2, 0) is 10.0 Å². The lowest BCUT2D eigenvalue weighted by molar-refractivity contribution is 0.419. The van der Waals surface area contributed by atoms with Crippen LogP contribution in [0, 0.1) is 11.3 Å². The van der Waals surface area contributed by atoms with Gasteiger partial charge in [-0.05, 0) is 24.6 Å². The van der Waals surface area contributed by atoms with Crippen molar-refractivity contribution in [1.29, 1.82) is 5.26 Å². The average molecular weight is 301 g/mol. The topological polar surface area (TPSA) is 61.2 Å². The molecule has 0 aliphatic rings. The second-order valence-electron chi connectivity index (χ2n) is 4.11. The fourth-order valence-corrected chi connectivity index (χ4v) is 3.68. The van der Waals surface area contributed by atoms with E-state index < -0.39 is 10.0 Å². The molecule has 1 aromatic carbocycles. The number of benzene rings is 1. The zero-order valence-corrected chi connectivity index (χ0v) is 12.6. The molecule has 104 valence electrons. The van der Waals surface area contributed by atoms with E-state index in [0.717, 1.165) is 12.8 Å². The third-order valence-electron chi connectivity index (χ3n) is 2.79. The van der Waals surface area contributed by atoms with Crippen LogP contribution in [0.2, 0.25) is 5.02 Å². The highest BCUT2D eigenvalue weighted by atomic mass is 35.5. The first-order valence-corrected chi connectivity index (χ1v) is 7.99. The summed E-state index contributed by atoms with van der Waals surface area (Å²) in [6.07, 6.45) is 1.71. The third kappa shape index (κ3) is 3.69. The molecule has 0 aliphatic carbocycles. The van der Waals surface area contributed by atoms with Crippen LogP contribution in [0.5, 0.6) is 0 Å². The smallest absolute Gasteiger partial charge is 0.207 e. The molecule has 0 aromatic heterocycles. The zero-order chi connectivity index (χ0) is 14.5. The van der Waals surface area contributed by atoms with Gasteiger partial charge in [0.05, 0.1) is 16.7 Å². The molecule has 0 saturated heterocycles. The largest absolute Gasteiger partial charge is 0.244 e. The summed E-state index contributed by atoms with van der Waals surface area (Å²) in [5, 5.41) is 9.00. The van der Waals surface area contributed by atoms with Gasteiger partial charge in [-0.15, -0.1) is 0 Å². The van der Waals surface area contributed by atoms with Crippen molar-refractivity contribution < 1.29 is 8.42 Å². The summed E-state index contributed by atoms with van der Waals surface area (Å²) in [5.74, 6) is 0. The van der Waals surface area contributed by atoms with Crippen LogP contribution in [0.1, 0.15) is 32.3 Å². The molecular formula is C13H17ClN2O2S. The van der Waals surface area contributed by atoms with Crippen LogP contribution in [0.25, 0.3) is 0 Å². The molecule has 0 unspecified atom stereocenters. The first-order valence-electron chi connectivity index (χ1n) is 6.17. The lowest BCUT2D eigenvalue weighted by atomic mass is 10.2. The van der Waals surface area contributed by atoms with Gasteiger partial charge in [-0.2, -0.15) is 9.57 Å². The van der Waals surface area contributed by atoms with Crippen LogP contribution in [0.4, 0.5) is 0 Å². The van der Waals surface area contributed by atoms with Gasteiger partial charge in [-0.3, -0.25) is 0 Å². The summed E-state index contributed by atoms with van der Waals surface area (Å²) in [6.45, 7) is 4.64. The number of nitriles is 1. The molecule has 1 aromatic rings. The van der Waals surface area contributed by atoms with Gasteiger partial charge in [0.2, 0.25) is 10.0 Å². The van der Waals surface area contributed by atoms with Gasteiger partial charge in [-0.1, -0.05) is 31.9 Å². The molecule has 1 rings (SSSR count). The molecule has 0 bridgehead atoms. The van der Waals surface area contributed by atoms with Crippen LogP contribution in [0.15, 0.2) is 23.1 Å². The van der Waals surface area contributed by atoms with Crippen molar-refractivity contribution in [2.75, 3.05) is 13.1 Å². The minimum absolute atomic E-state index is 0.00571. The Hall–Kier alpha value is -1.09. The Morgan fingerprint density at radius 1 is 1.37 bits per heavy atom. The Kier molecular flexibility index (Phi) is 5.80. The zero-order valence-electron chi connectivity index (χ0n) is 11.1. The maximum absolute atomic E-state index is 12.5. The third-order valence-corrected chi connectivity index (χ3v) is 5.25. The number of hydrogen-bond acceptors (Lipinski definition) is 3. The van der Waals surface area contributed by atoms with E-state index in [1.54, 1.807) is 6.92 Å². The number of unbranched alkanes of at least 4 members (excludes halogenated alkanes) is 1. The number of hydrogen-bond donors (Lipinski definition) is 0. The van der Waals surface area contributed by atoms with Crippen molar-refractivity contribution in [3.8, 4) is 6.07 Å². The minimum atomic E-state index is -3.64. The fraction of sp³-hybridized carbons (Fsp3) is 0.462. The summed E-state index contributed by atoms with van der Waals surface area (Å²) in [4.78, 5) is 0.00571. The summed E-state index contributed by atoms with van der Waals surface area (Å²) in [5.41, 5.74) is 0.287. The standard InChI is InChI=1S/C13H17ClN2O2S/c1-3-5-8-16(4-2)19(17,18)13-9-11(10-15)6-7-12(13)14/h6-7,9H,3-5,8H2,1-2H3. The van der Waals surface area contributed by atoms with Crippen LogP contribution in [0.3, 0.4) is 0 Å². The van der Waals surface area contributed by atoms with E-state index in [-0.39, 0.29) is 15.5 Å². The van der Waals surface area contributed by atoms with E-state index >= 15 is 0 Å². The predicted molar refractivity (Wildman–Crippen MR) is 75.5 cm³/mol. The maximum atomic E-state index is 12.5. The van der Waals surface area contributed by atoms with Gasteiger partial charge in [-0.25, -0.2) is 8.42 Å². The Morgan fingerprint density at radius 3 is 2.58 bits per heavy atom. The number of halogens is 1. The van der Waals surface area contributed by atoms with Crippen molar-refractivity contribution in [1.82, 2.24) is 4.31 Å². The first-order chi connectivity index (χ1) is 8.97. The molecule has 0 radical (unpaired) electrons. The molecule has 0 saturated carbocycles. The van der Waals surface area contributed by atoms with Crippen molar-refractivity contribution in [2.24, 2.45) is 0 Å². The molecule has 0 aliphatic heterocycles. The molecule has 19 heavy (non-hydrogen) atoms. The quantitative estimate of drug-likeness (QED) is 0.811. The summed E-state index contributed by atoms with van der Waals surface area (Å²) in [6, 6.07) is 6.20. The first kappa shape index (κ1) is 16.0. The second kappa shape index (κ2) is 6.90. The normalized spacial score (nSPS) is 11.5. The lowest BCUT2D eigenvalue weighted by Crippen LogP contribution is -2.32. The molecule has 4 nitrogen and oxygen atoms in total. The van der Waals surface area contributed by atoms with Gasteiger partial charge in [0.1, 0.15) is 4.90 Å². The molecule has 6 heteroatoms. The van der Waals surface area contributed by atoms with E-state index in [4.69, 9.17) is 16.9 Å². The Balaban J connectivity index is 3.22. The van der Waals surface area contributed by atoms with E-state index in [1.165, 1.54) is 22.5 Å².